The van der Waals surface area contributed by atoms with Gasteiger partial charge in [-0.25, -0.2) is 9.78 Å². The molecule has 21 heavy (non-hydrogen) atoms. The predicted octanol–water partition coefficient (Wildman–Crippen LogP) is 3.24. The summed E-state index contributed by atoms with van der Waals surface area (Å²) in [5.74, 6) is -0.351. The van der Waals surface area contributed by atoms with Gasteiger partial charge in [0.15, 0.2) is 10.8 Å². The molecule has 1 aromatic heterocycles. The lowest BCUT2D eigenvalue weighted by Crippen LogP contribution is -2.25. The number of nitrogens with one attached hydrogen (secondary N) is 1. The van der Waals surface area contributed by atoms with Gasteiger partial charge >= 0.3 is 5.97 Å². The largest absolute Gasteiger partial charge is 0.461 e. The minimum Gasteiger partial charge on any atom is -0.461 e. The van der Waals surface area contributed by atoms with Crippen molar-refractivity contribution < 1.29 is 9.53 Å². The molecule has 0 aliphatic rings. The number of thiazole rings is 1. The normalized spacial score (nSPS) is 12.4. The van der Waals surface area contributed by atoms with Gasteiger partial charge in [-0.3, -0.25) is 0 Å². The zero-order valence-electron chi connectivity index (χ0n) is 13.5. The first-order valence-electron chi connectivity index (χ1n) is 7.72. The zero-order valence-corrected chi connectivity index (χ0v) is 14.3. The van der Waals surface area contributed by atoms with Gasteiger partial charge in [0.1, 0.15) is 0 Å². The SMILES string of the molecule is CCOC(=O)c1csc(NC(C)CCCN(CC)CC)n1. The number of carbonyl (C=O) groups is 1. The molecule has 5 nitrogen and oxygen atoms in total. The Morgan fingerprint density at radius 2 is 2.14 bits per heavy atom. The summed E-state index contributed by atoms with van der Waals surface area (Å²) in [4.78, 5) is 18.2. The topological polar surface area (TPSA) is 54.5 Å². The molecule has 1 N–H and O–H groups in total. The highest BCUT2D eigenvalue weighted by atomic mass is 32.1. The summed E-state index contributed by atoms with van der Waals surface area (Å²) in [7, 11) is 0. The third kappa shape index (κ3) is 6.44. The summed E-state index contributed by atoms with van der Waals surface area (Å²) in [6.45, 7) is 12.0. The zero-order chi connectivity index (χ0) is 15.7. The molecule has 1 atom stereocenters. The van der Waals surface area contributed by atoms with E-state index >= 15 is 0 Å². The lowest BCUT2D eigenvalue weighted by Gasteiger charge is -2.19. The third-order valence-electron chi connectivity index (χ3n) is 3.36. The van der Waals surface area contributed by atoms with Crippen LogP contribution in [0.15, 0.2) is 5.38 Å². The molecule has 0 fully saturated rings. The number of rotatable bonds is 10. The molecule has 120 valence electrons. The highest BCUT2D eigenvalue weighted by Gasteiger charge is 2.12. The van der Waals surface area contributed by atoms with Crippen LogP contribution < -0.4 is 5.32 Å². The average Bonchev–Trinajstić information content (AvgIpc) is 2.92. The van der Waals surface area contributed by atoms with Gasteiger partial charge in [-0.2, -0.15) is 0 Å². The first-order valence-corrected chi connectivity index (χ1v) is 8.60. The quantitative estimate of drug-likeness (QED) is 0.672. The number of anilines is 1. The van der Waals surface area contributed by atoms with Crippen molar-refractivity contribution in [3.8, 4) is 0 Å². The van der Waals surface area contributed by atoms with E-state index in [4.69, 9.17) is 4.74 Å². The van der Waals surface area contributed by atoms with Crippen LogP contribution in [0.1, 0.15) is 51.0 Å². The van der Waals surface area contributed by atoms with Gasteiger partial charge in [0.25, 0.3) is 0 Å². The van der Waals surface area contributed by atoms with E-state index in [1.807, 2.05) is 0 Å². The van der Waals surface area contributed by atoms with Crippen LogP contribution in [0.25, 0.3) is 0 Å². The van der Waals surface area contributed by atoms with Crippen LogP contribution in [-0.2, 0) is 4.74 Å². The average molecular weight is 313 g/mol. The van der Waals surface area contributed by atoms with E-state index in [0.29, 0.717) is 18.3 Å². The van der Waals surface area contributed by atoms with Gasteiger partial charge in [-0.15, -0.1) is 11.3 Å². The van der Waals surface area contributed by atoms with E-state index in [-0.39, 0.29) is 5.97 Å². The number of ether oxygens (including phenoxy) is 1. The Kier molecular flexibility index (Phi) is 8.30. The molecule has 0 saturated heterocycles. The fraction of sp³-hybridized carbons (Fsp3) is 0.733. The molecule has 1 heterocycles. The van der Waals surface area contributed by atoms with Crippen LogP contribution in [0.5, 0.6) is 0 Å². The van der Waals surface area contributed by atoms with Crippen molar-refractivity contribution in [3.05, 3.63) is 11.1 Å². The lowest BCUT2D eigenvalue weighted by atomic mass is 10.2. The number of esters is 1. The Bertz CT molecular complexity index is 419. The fourth-order valence-corrected chi connectivity index (χ4v) is 2.88. The second kappa shape index (κ2) is 9.73. The van der Waals surface area contributed by atoms with Crippen molar-refractivity contribution >= 4 is 22.4 Å². The van der Waals surface area contributed by atoms with Crippen molar-refractivity contribution in [1.82, 2.24) is 9.88 Å². The third-order valence-corrected chi connectivity index (χ3v) is 4.14. The summed E-state index contributed by atoms with van der Waals surface area (Å²) < 4.78 is 4.93. The Balaban J connectivity index is 2.34. The van der Waals surface area contributed by atoms with Crippen molar-refractivity contribution in [1.29, 1.82) is 0 Å². The molecular formula is C15H27N3O2S. The predicted molar refractivity (Wildman–Crippen MR) is 88.2 cm³/mol. The summed E-state index contributed by atoms with van der Waals surface area (Å²) in [6.07, 6.45) is 2.25. The summed E-state index contributed by atoms with van der Waals surface area (Å²) >= 11 is 1.45. The minimum atomic E-state index is -0.351. The molecule has 6 heteroatoms. The molecule has 0 spiro atoms. The van der Waals surface area contributed by atoms with Crippen LogP contribution in [0.4, 0.5) is 5.13 Å². The number of nitrogens with zero attached hydrogens (tertiary/aromatic N) is 2. The Morgan fingerprint density at radius 1 is 1.43 bits per heavy atom. The highest BCUT2D eigenvalue weighted by Crippen LogP contribution is 2.18. The molecule has 1 rings (SSSR count). The highest BCUT2D eigenvalue weighted by molar-refractivity contribution is 7.13. The number of hydrogen-bond acceptors (Lipinski definition) is 6. The number of carbonyl (C=O) groups excluding carboxylic acids is 1. The molecule has 0 aliphatic heterocycles. The van der Waals surface area contributed by atoms with Crippen LogP contribution in [0.2, 0.25) is 0 Å². The van der Waals surface area contributed by atoms with E-state index in [1.165, 1.54) is 11.3 Å². The maximum absolute atomic E-state index is 11.5. The van der Waals surface area contributed by atoms with Gasteiger partial charge in [-0.05, 0) is 46.3 Å². The molecular weight excluding hydrogens is 286 g/mol. The molecule has 0 radical (unpaired) electrons. The van der Waals surface area contributed by atoms with E-state index in [2.05, 4.69) is 36.0 Å². The Labute approximate surface area is 131 Å². The molecule has 1 aromatic rings. The van der Waals surface area contributed by atoms with E-state index < -0.39 is 0 Å². The second-order valence-corrected chi connectivity index (χ2v) is 5.83. The van der Waals surface area contributed by atoms with Gasteiger partial charge in [0.2, 0.25) is 0 Å². The van der Waals surface area contributed by atoms with Crippen molar-refractivity contribution in [2.75, 3.05) is 31.6 Å². The van der Waals surface area contributed by atoms with Gasteiger partial charge in [0, 0.05) is 11.4 Å². The molecule has 1 unspecified atom stereocenters. The van der Waals surface area contributed by atoms with Crippen molar-refractivity contribution in [3.63, 3.8) is 0 Å². The lowest BCUT2D eigenvalue weighted by molar-refractivity contribution is 0.0520. The molecule has 0 aromatic carbocycles. The first kappa shape index (κ1) is 17.9. The molecule has 0 aliphatic carbocycles. The van der Waals surface area contributed by atoms with Crippen molar-refractivity contribution in [2.24, 2.45) is 0 Å². The van der Waals surface area contributed by atoms with Gasteiger partial charge in [0.05, 0.1) is 6.61 Å². The molecule has 0 saturated carbocycles. The summed E-state index contributed by atoms with van der Waals surface area (Å²) in [5, 5.41) is 5.87. The molecule has 0 bridgehead atoms. The van der Waals surface area contributed by atoms with E-state index in [9.17, 15) is 4.79 Å². The Hall–Kier alpha value is -1.14. The maximum atomic E-state index is 11.5. The van der Waals surface area contributed by atoms with E-state index in [0.717, 1.165) is 37.6 Å². The number of hydrogen-bond donors (Lipinski definition) is 1. The van der Waals surface area contributed by atoms with E-state index in [1.54, 1.807) is 12.3 Å². The van der Waals surface area contributed by atoms with Gasteiger partial charge in [-0.1, -0.05) is 13.8 Å². The minimum absolute atomic E-state index is 0.349. The van der Waals surface area contributed by atoms with Crippen LogP contribution in [-0.4, -0.2) is 48.1 Å². The standard InChI is InChI=1S/C15H27N3O2S/c1-5-18(6-2)10-8-9-12(4)16-15-17-13(11-21-15)14(19)20-7-3/h11-12H,5-10H2,1-4H3,(H,16,17). The fourth-order valence-electron chi connectivity index (χ4n) is 2.08. The Morgan fingerprint density at radius 3 is 2.76 bits per heavy atom. The first-order chi connectivity index (χ1) is 10.1. The maximum Gasteiger partial charge on any atom is 0.357 e. The smallest absolute Gasteiger partial charge is 0.357 e. The second-order valence-electron chi connectivity index (χ2n) is 4.97. The molecule has 0 amide bonds. The summed E-state index contributed by atoms with van der Waals surface area (Å²) in [5.41, 5.74) is 0.389. The van der Waals surface area contributed by atoms with Crippen LogP contribution in [0, 0.1) is 0 Å². The monoisotopic (exact) mass is 313 g/mol. The van der Waals surface area contributed by atoms with Crippen LogP contribution >= 0.6 is 11.3 Å². The van der Waals surface area contributed by atoms with Gasteiger partial charge < -0.3 is 15.0 Å². The summed E-state index contributed by atoms with van der Waals surface area (Å²) in [6, 6.07) is 0.349. The number of aromatic nitrogens is 1. The van der Waals surface area contributed by atoms with Crippen LogP contribution in [0.3, 0.4) is 0 Å². The van der Waals surface area contributed by atoms with Crippen molar-refractivity contribution in [2.45, 2.75) is 46.6 Å².